The molecule has 0 fully saturated rings. The van der Waals surface area contributed by atoms with E-state index in [4.69, 9.17) is 14.2 Å². The van der Waals surface area contributed by atoms with Crippen LogP contribution in [-0.4, -0.2) is 26.2 Å². The van der Waals surface area contributed by atoms with Crippen LogP contribution in [-0.2, 0) is 11.2 Å². The molecule has 2 aromatic carbocycles. The smallest absolute Gasteiger partial charge is 0.224 e. The number of benzene rings is 2. The molecule has 27 heavy (non-hydrogen) atoms. The highest BCUT2D eigenvalue weighted by atomic mass is 19.1. The van der Waals surface area contributed by atoms with Crippen LogP contribution >= 0.6 is 0 Å². The highest BCUT2D eigenvalue weighted by molar-refractivity contribution is 5.79. The van der Waals surface area contributed by atoms with Gasteiger partial charge in [0.2, 0.25) is 5.91 Å². The summed E-state index contributed by atoms with van der Waals surface area (Å²) in [7, 11) is 1.41. The van der Waals surface area contributed by atoms with E-state index in [9.17, 15) is 9.18 Å². The molecule has 1 unspecified atom stereocenters. The molecule has 1 amide bonds. The van der Waals surface area contributed by atoms with Crippen molar-refractivity contribution in [2.45, 2.75) is 26.3 Å². The third kappa shape index (κ3) is 4.51. The van der Waals surface area contributed by atoms with Gasteiger partial charge in [0.05, 0.1) is 19.6 Å². The molecule has 1 heterocycles. The first-order valence-electron chi connectivity index (χ1n) is 8.99. The van der Waals surface area contributed by atoms with Crippen LogP contribution in [0.4, 0.5) is 4.39 Å². The van der Waals surface area contributed by atoms with Crippen molar-refractivity contribution >= 4 is 5.91 Å². The monoisotopic (exact) mass is 373 g/mol. The summed E-state index contributed by atoms with van der Waals surface area (Å²) in [4.78, 5) is 12.5. The SMILES string of the molecule is COc1ccc(CC(=O)NC(c2ccc3c(c2)OCCO3)C(C)C)cc1F. The highest BCUT2D eigenvalue weighted by Crippen LogP contribution is 2.34. The average molecular weight is 373 g/mol. The summed E-state index contributed by atoms with van der Waals surface area (Å²) < 4.78 is 29.9. The van der Waals surface area contributed by atoms with E-state index in [1.54, 1.807) is 6.07 Å². The van der Waals surface area contributed by atoms with Gasteiger partial charge in [-0.05, 0) is 41.3 Å². The van der Waals surface area contributed by atoms with Gasteiger partial charge in [-0.2, -0.15) is 0 Å². The number of halogens is 1. The van der Waals surface area contributed by atoms with Crippen molar-refractivity contribution in [2.24, 2.45) is 5.92 Å². The number of carbonyl (C=O) groups excluding carboxylic acids is 1. The standard InChI is InChI=1S/C21H24FNO4/c1-13(2)21(15-5-7-18-19(12-15)27-9-8-26-18)23-20(24)11-14-4-6-17(25-3)16(22)10-14/h4-7,10,12-13,21H,8-9,11H2,1-3H3,(H,23,24). The molecular weight excluding hydrogens is 349 g/mol. The molecule has 1 atom stereocenters. The van der Waals surface area contributed by atoms with Gasteiger partial charge in [-0.3, -0.25) is 4.79 Å². The lowest BCUT2D eigenvalue weighted by Gasteiger charge is -2.25. The lowest BCUT2D eigenvalue weighted by molar-refractivity contribution is -0.121. The topological polar surface area (TPSA) is 56.8 Å². The minimum atomic E-state index is -0.477. The molecular formula is C21H24FNO4. The predicted octanol–water partition coefficient (Wildman–Crippen LogP) is 3.66. The van der Waals surface area contributed by atoms with Crippen molar-refractivity contribution in [2.75, 3.05) is 20.3 Å². The Morgan fingerprint density at radius 1 is 1.15 bits per heavy atom. The molecule has 0 radical (unpaired) electrons. The van der Waals surface area contributed by atoms with Gasteiger partial charge in [0.1, 0.15) is 13.2 Å². The normalized spacial score (nSPS) is 14.0. The number of fused-ring (bicyclic) bond motifs is 1. The van der Waals surface area contributed by atoms with E-state index in [-0.39, 0.29) is 30.0 Å². The van der Waals surface area contributed by atoms with Crippen LogP contribution in [0.3, 0.4) is 0 Å². The molecule has 5 nitrogen and oxygen atoms in total. The molecule has 0 saturated heterocycles. The quantitative estimate of drug-likeness (QED) is 0.840. The molecule has 0 bridgehead atoms. The van der Waals surface area contributed by atoms with Crippen LogP contribution in [0.1, 0.15) is 31.0 Å². The molecule has 0 spiro atoms. The summed E-state index contributed by atoms with van der Waals surface area (Å²) in [5, 5.41) is 3.05. The summed E-state index contributed by atoms with van der Waals surface area (Å²) in [6.45, 7) is 5.12. The van der Waals surface area contributed by atoms with E-state index < -0.39 is 5.82 Å². The van der Waals surface area contributed by atoms with E-state index in [0.717, 1.165) is 5.56 Å². The second-order valence-corrected chi connectivity index (χ2v) is 6.84. The molecule has 0 aliphatic carbocycles. The minimum Gasteiger partial charge on any atom is -0.494 e. The van der Waals surface area contributed by atoms with E-state index in [0.29, 0.717) is 30.3 Å². The van der Waals surface area contributed by atoms with Gasteiger partial charge in [-0.1, -0.05) is 26.0 Å². The zero-order valence-electron chi connectivity index (χ0n) is 15.8. The summed E-state index contributed by atoms with van der Waals surface area (Å²) >= 11 is 0. The first-order valence-corrected chi connectivity index (χ1v) is 8.99. The molecule has 1 aliphatic rings. The first-order chi connectivity index (χ1) is 13.0. The third-order valence-corrected chi connectivity index (χ3v) is 4.49. The number of ether oxygens (including phenoxy) is 3. The zero-order chi connectivity index (χ0) is 19.4. The Morgan fingerprint density at radius 3 is 2.56 bits per heavy atom. The first kappa shape index (κ1) is 19.0. The summed E-state index contributed by atoms with van der Waals surface area (Å²) in [5.41, 5.74) is 1.54. The second kappa shape index (κ2) is 8.29. The van der Waals surface area contributed by atoms with Crippen LogP contribution in [0.15, 0.2) is 36.4 Å². The number of carbonyl (C=O) groups is 1. The van der Waals surface area contributed by atoms with Gasteiger partial charge < -0.3 is 19.5 Å². The van der Waals surface area contributed by atoms with E-state index >= 15 is 0 Å². The molecule has 2 aromatic rings. The van der Waals surface area contributed by atoms with Crippen LogP contribution in [0.25, 0.3) is 0 Å². The highest BCUT2D eigenvalue weighted by Gasteiger charge is 2.21. The Morgan fingerprint density at radius 2 is 1.89 bits per heavy atom. The maximum atomic E-state index is 13.8. The number of hydrogen-bond acceptors (Lipinski definition) is 4. The van der Waals surface area contributed by atoms with E-state index in [1.165, 1.54) is 19.2 Å². The van der Waals surface area contributed by atoms with Gasteiger partial charge in [0.15, 0.2) is 23.1 Å². The van der Waals surface area contributed by atoms with Crippen molar-refractivity contribution < 1.29 is 23.4 Å². The second-order valence-electron chi connectivity index (χ2n) is 6.84. The van der Waals surface area contributed by atoms with Crippen molar-refractivity contribution in [3.8, 4) is 17.2 Å². The fourth-order valence-electron chi connectivity index (χ4n) is 3.12. The fourth-order valence-corrected chi connectivity index (χ4v) is 3.12. The van der Waals surface area contributed by atoms with E-state index in [1.807, 2.05) is 32.0 Å². The predicted molar refractivity (Wildman–Crippen MR) is 99.8 cm³/mol. The lowest BCUT2D eigenvalue weighted by atomic mass is 9.95. The third-order valence-electron chi connectivity index (χ3n) is 4.49. The lowest BCUT2D eigenvalue weighted by Crippen LogP contribution is -2.33. The number of hydrogen-bond donors (Lipinski definition) is 1. The van der Waals surface area contributed by atoms with Crippen molar-refractivity contribution in [1.29, 1.82) is 0 Å². The van der Waals surface area contributed by atoms with Crippen LogP contribution in [0.2, 0.25) is 0 Å². The number of rotatable bonds is 6. The largest absolute Gasteiger partial charge is 0.494 e. The van der Waals surface area contributed by atoms with Gasteiger partial charge in [0, 0.05) is 0 Å². The zero-order valence-corrected chi connectivity index (χ0v) is 15.8. The van der Waals surface area contributed by atoms with Crippen LogP contribution in [0, 0.1) is 11.7 Å². The number of amides is 1. The molecule has 1 aliphatic heterocycles. The summed E-state index contributed by atoms with van der Waals surface area (Å²) in [6, 6.07) is 10.1. The summed E-state index contributed by atoms with van der Waals surface area (Å²) in [6.07, 6.45) is 0.0920. The molecule has 144 valence electrons. The number of methoxy groups -OCH3 is 1. The molecule has 3 rings (SSSR count). The van der Waals surface area contributed by atoms with Gasteiger partial charge >= 0.3 is 0 Å². The van der Waals surface area contributed by atoms with E-state index in [2.05, 4.69) is 5.32 Å². The van der Waals surface area contributed by atoms with Crippen LogP contribution < -0.4 is 19.5 Å². The number of nitrogens with one attached hydrogen (secondary N) is 1. The van der Waals surface area contributed by atoms with Gasteiger partial charge in [-0.25, -0.2) is 4.39 Å². The van der Waals surface area contributed by atoms with Crippen LogP contribution in [0.5, 0.6) is 17.2 Å². The van der Waals surface area contributed by atoms with Gasteiger partial charge in [-0.15, -0.1) is 0 Å². The van der Waals surface area contributed by atoms with Gasteiger partial charge in [0.25, 0.3) is 0 Å². The molecule has 0 aromatic heterocycles. The molecule has 1 N–H and O–H groups in total. The van der Waals surface area contributed by atoms with Crippen molar-refractivity contribution in [1.82, 2.24) is 5.32 Å². The Kier molecular flexibility index (Phi) is 5.84. The molecule has 6 heteroatoms. The Bertz CT molecular complexity index is 822. The minimum absolute atomic E-state index is 0.0920. The Labute approximate surface area is 158 Å². The Balaban J connectivity index is 1.72. The maximum Gasteiger partial charge on any atom is 0.224 e. The van der Waals surface area contributed by atoms with Crippen molar-refractivity contribution in [3.63, 3.8) is 0 Å². The maximum absolute atomic E-state index is 13.8. The average Bonchev–Trinajstić information content (AvgIpc) is 2.65. The Hall–Kier alpha value is -2.76. The fraction of sp³-hybridized carbons (Fsp3) is 0.381. The van der Waals surface area contributed by atoms with Crippen molar-refractivity contribution in [3.05, 3.63) is 53.3 Å². The molecule has 0 saturated carbocycles. The summed E-state index contributed by atoms with van der Waals surface area (Å²) in [5.74, 6) is 1.09.